The van der Waals surface area contributed by atoms with E-state index in [2.05, 4.69) is 15.5 Å². The van der Waals surface area contributed by atoms with Gasteiger partial charge in [0.2, 0.25) is 5.88 Å². The van der Waals surface area contributed by atoms with Gasteiger partial charge in [0, 0.05) is 13.6 Å². The van der Waals surface area contributed by atoms with Crippen molar-refractivity contribution in [2.75, 3.05) is 0 Å². The highest BCUT2D eigenvalue weighted by Gasteiger charge is 2.18. The van der Waals surface area contributed by atoms with E-state index in [4.69, 9.17) is 4.74 Å². The van der Waals surface area contributed by atoms with Crippen LogP contribution in [0.3, 0.4) is 0 Å². The summed E-state index contributed by atoms with van der Waals surface area (Å²) in [5.74, 6) is 0.284. The minimum absolute atomic E-state index is 0.184. The van der Waals surface area contributed by atoms with E-state index in [0.29, 0.717) is 12.4 Å². The summed E-state index contributed by atoms with van der Waals surface area (Å²) in [6.07, 6.45) is -0.641. The fourth-order valence-corrected chi connectivity index (χ4v) is 2.83. The van der Waals surface area contributed by atoms with Gasteiger partial charge in [-0.1, -0.05) is 12.1 Å². The lowest BCUT2D eigenvalue weighted by molar-refractivity contribution is -0.127. The van der Waals surface area contributed by atoms with Gasteiger partial charge in [0.25, 0.3) is 5.91 Å². The molecule has 7 heteroatoms. The average molecular weight is 341 g/mol. The molecule has 0 aliphatic heterocycles. The second-order valence-electron chi connectivity index (χ2n) is 6.02. The van der Waals surface area contributed by atoms with Gasteiger partial charge in [-0.05, 0) is 39.0 Å². The number of aromatic nitrogens is 4. The second-order valence-corrected chi connectivity index (χ2v) is 6.02. The summed E-state index contributed by atoms with van der Waals surface area (Å²) in [4.78, 5) is 12.4. The quantitative estimate of drug-likeness (QED) is 0.746. The van der Waals surface area contributed by atoms with Crippen molar-refractivity contribution in [3.63, 3.8) is 0 Å². The number of carbonyl (C=O) groups excluding carboxylic acids is 1. The Hall–Kier alpha value is -2.83. The number of hydrogen-bond acceptors (Lipinski definition) is 4. The van der Waals surface area contributed by atoms with Crippen molar-refractivity contribution in [3.05, 3.63) is 41.7 Å². The Morgan fingerprint density at radius 3 is 2.84 bits per heavy atom. The van der Waals surface area contributed by atoms with Crippen LogP contribution in [0.4, 0.5) is 0 Å². The van der Waals surface area contributed by atoms with E-state index in [-0.39, 0.29) is 5.91 Å². The van der Waals surface area contributed by atoms with Crippen LogP contribution in [-0.2, 0) is 24.9 Å². The van der Waals surface area contributed by atoms with E-state index < -0.39 is 6.10 Å². The van der Waals surface area contributed by atoms with E-state index >= 15 is 0 Å². The summed E-state index contributed by atoms with van der Waals surface area (Å²) in [5, 5.41) is 12.5. The van der Waals surface area contributed by atoms with E-state index in [1.165, 1.54) is 0 Å². The molecule has 2 heterocycles. The zero-order valence-electron chi connectivity index (χ0n) is 15.0. The number of rotatable bonds is 6. The largest absolute Gasteiger partial charge is 0.463 e. The molecule has 25 heavy (non-hydrogen) atoms. The fraction of sp³-hybridized carbons (Fsp3) is 0.389. The number of nitrogens with one attached hydrogen (secondary N) is 1. The monoisotopic (exact) mass is 341 g/mol. The molecule has 1 unspecified atom stereocenters. The molecule has 132 valence electrons. The van der Waals surface area contributed by atoms with Crippen molar-refractivity contribution in [2.45, 2.75) is 40.0 Å². The van der Waals surface area contributed by atoms with Crippen LogP contribution in [0.25, 0.3) is 10.9 Å². The van der Waals surface area contributed by atoms with Gasteiger partial charge in [0.05, 0.1) is 28.8 Å². The summed E-state index contributed by atoms with van der Waals surface area (Å²) in [6, 6.07) is 9.75. The SMILES string of the molecule is CCn1nc(C)cc1CNC(=O)C(C)Oc1nn(C)c2ccccc12. The molecule has 1 aromatic carbocycles. The first-order chi connectivity index (χ1) is 12.0. The van der Waals surface area contributed by atoms with E-state index in [1.807, 2.05) is 55.9 Å². The molecule has 1 amide bonds. The number of amides is 1. The van der Waals surface area contributed by atoms with Crippen molar-refractivity contribution in [1.29, 1.82) is 0 Å². The lowest BCUT2D eigenvalue weighted by Gasteiger charge is -2.13. The predicted octanol–water partition coefficient (Wildman–Crippen LogP) is 2.18. The second kappa shape index (κ2) is 6.96. The van der Waals surface area contributed by atoms with Crippen molar-refractivity contribution < 1.29 is 9.53 Å². The van der Waals surface area contributed by atoms with Gasteiger partial charge in [-0.25, -0.2) is 0 Å². The summed E-state index contributed by atoms with van der Waals surface area (Å²) < 4.78 is 9.42. The van der Waals surface area contributed by atoms with E-state index in [0.717, 1.165) is 28.8 Å². The zero-order chi connectivity index (χ0) is 18.0. The molecule has 2 aromatic heterocycles. The fourth-order valence-electron chi connectivity index (χ4n) is 2.83. The highest BCUT2D eigenvalue weighted by molar-refractivity contribution is 5.85. The highest BCUT2D eigenvalue weighted by Crippen LogP contribution is 2.24. The van der Waals surface area contributed by atoms with Crippen LogP contribution in [0.15, 0.2) is 30.3 Å². The van der Waals surface area contributed by atoms with Crippen LogP contribution in [0.1, 0.15) is 25.2 Å². The van der Waals surface area contributed by atoms with Crippen molar-refractivity contribution >= 4 is 16.8 Å². The maximum atomic E-state index is 12.4. The van der Waals surface area contributed by atoms with Gasteiger partial charge in [-0.15, -0.1) is 5.10 Å². The molecule has 0 fully saturated rings. The molecule has 0 aliphatic carbocycles. The summed E-state index contributed by atoms with van der Waals surface area (Å²) in [6.45, 7) is 6.88. The van der Waals surface area contributed by atoms with Gasteiger partial charge in [-0.3, -0.25) is 14.2 Å². The summed E-state index contributed by atoms with van der Waals surface area (Å²) >= 11 is 0. The van der Waals surface area contributed by atoms with Crippen LogP contribution < -0.4 is 10.1 Å². The minimum Gasteiger partial charge on any atom is -0.463 e. The van der Waals surface area contributed by atoms with Crippen molar-refractivity contribution in [3.8, 4) is 5.88 Å². The summed E-state index contributed by atoms with van der Waals surface area (Å²) in [7, 11) is 1.86. The molecule has 7 nitrogen and oxygen atoms in total. The van der Waals surface area contributed by atoms with Gasteiger partial charge < -0.3 is 10.1 Å². The Bertz CT molecular complexity index is 896. The third kappa shape index (κ3) is 3.50. The molecular weight excluding hydrogens is 318 g/mol. The Balaban J connectivity index is 1.66. The van der Waals surface area contributed by atoms with Crippen LogP contribution >= 0.6 is 0 Å². The number of carbonyl (C=O) groups is 1. The highest BCUT2D eigenvalue weighted by atomic mass is 16.5. The third-order valence-corrected chi connectivity index (χ3v) is 4.11. The first-order valence-corrected chi connectivity index (χ1v) is 8.39. The van der Waals surface area contributed by atoms with Gasteiger partial charge >= 0.3 is 0 Å². The number of hydrogen-bond donors (Lipinski definition) is 1. The van der Waals surface area contributed by atoms with Crippen molar-refractivity contribution in [2.24, 2.45) is 7.05 Å². The first kappa shape index (κ1) is 17.0. The zero-order valence-corrected chi connectivity index (χ0v) is 15.0. The van der Waals surface area contributed by atoms with Crippen LogP contribution in [0.5, 0.6) is 5.88 Å². The molecule has 0 radical (unpaired) electrons. The Labute approximate surface area is 146 Å². The maximum absolute atomic E-state index is 12.4. The Kier molecular flexibility index (Phi) is 4.74. The van der Waals surface area contributed by atoms with E-state index in [1.54, 1.807) is 11.6 Å². The standard InChI is InChI=1S/C18H23N5O2/c1-5-23-14(10-12(2)20-23)11-19-17(24)13(3)25-18-15-8-6-7-9-16(15)22(4)21-18/h6-10,13H,5,11H2,1-4H3,(H,19,24). The van der Waals surface area contributed by atoms with Gasteiger partial charge in [-0.2, -0.15) is 5.10 Å². The smallest absolute Gasteiger partial charge is 0.261 e. The molecule has 3 rings (SSSR count). The molecule has 1 atom stereocenters. The van der Waals surface area contributed by atoms with Crippen LogP contribution in [0.2, 0.25) is 0 Å². The molecular formula is C18H23N5O2. The van der Waals surface area contributed by atoms with E-state index in [9.17, 15) is 4.79 Å². The topological polar surface area (TPSA) is 74.0 Å². The normalized spacial score (nSPS) is 12.3. The lowest BCUT2D eigenvalue weighted by atomic mass is 10.2. The van der Waals surface area contributed by atoms with Crippen molar-refractivity contribution in [1.82, 2.24) is 24.9 Å². The summed E-state index contributed by atoms with van der Waals surface area (Å²) in [5.41, 5.74) is 2.88. The van der Waals surface area contributed by atoms with Gasteiger partial charge in [0.1, 0.15) is 0 Å². The molecule has 0 saturated carbocycles. The lowest BCUT2D eigenvalue weighted by Crippen LogP contribution is -2.36. The minimum atomic E-state index is -0.641. The number of aryl methyl sites for hydroxylation is 3. The molecule has 0 bridgehead atoms. The van der Waals surface area contributed by atoms with Gasteiger partial charge in [0.15, 0.2) is 6.10 Å². The third-order valence-electron chi connectivity index (χ3n) is 4.11. The van der Waals surface area contributed by atoms with Crippen LogP contribution in [0, 0.1) is 6.92 Å². The number of para-hydroxylation sites is 1. The van der Waals surface area contributed by atoms with Crippen LogP contribution in [-0.4, -0.2) is 31.6 Å². The number of benzene rings is 1. The molecule has 1 N–H and O–H groups in total. The molecule has 0 saturated heterocycles. The molecule has 0 aliphatic rings. The predicted molar refractivity (Wildman–Crippen MR) is 95.3 cm³/mol. The average Bonchev–Trinajstić information content (AvgIpc) is 3.13. The Morgan fingerprint density at radius 2 is 2.08 bits per heavy atom. The number of nitrogens with zero attached hydrogens (tertiary/aromatic N) is 4. The number of ether oxygens (including phenoxy) is 1. The molecule has 0 spiro atoms. The first-order valence-electron chi connectivity index (χ1n) is 8.39. The maximum Gasteiger partial charge on any atom is 0.261 e. The molecule has 3 aromatic rings. The number of fused-ring (bicyclic) bond motifs is 1. The Morgan fingerprint density at radius 1 is 1.32 bits per heavy atom.